The van der Waals surface area contributed by atoms with Crippen LogP contribution in [0.15, 0.2) is 12.4 Å². The minimum absolute atomic E-state index is 0.651. The monoisotopic (exact) mass is 305 g/mol. The predicted octanol–water partition coefficient (Wildman–Crippen LogP) is 3.09. The third-order valence-electron chi connectivity index (χ3n) is 4.32. The first kappa shape index (κ1) is 14.3. The maximum absolute atomic E-state index is 11.8. The van der Waals surface area contributed by atoms with Crippen LogP contribution in [0.5, 0.6) is 0 Å². The van der Waals surface area contributed by atoms with Gasteiger partial charge in [0.1, 0.15) is 22.5 Å². The van der Waals surface area contributed by atoms with Gasteiger partial charge in [0.05, 0.1) is 5.39 Å². The molecule has 21 heavy (non-hydrogen) atoms. The van der Waals surface area contributed by atoms with Crippen LogP contribution in [0.25, 0.3) is 10.2 Å². The van der Waals surface area contributed by atoms with Gasteiger partial charge in [-0.25, -0.2) is 14.8 Å². The van der Waals surface area contributed by atoms with E-state index in [1.165, 1.54) is 4.88 Å². The number of fused-ring (bicyclic) bond motifs is 1. The Morgan fingerprint density at radius 3 is 3.00 bits per heavy atom. The molecule has 0 spiro atoms. The van der Waals surface area contributed by atoms with E-state index in [0.717, 1.165) is 41.8 Å². The quantitative estimate of drug-likeness (QED) is 0.944. The van der Waals surface area contributed by atoms with E-state index in [4.69, 9.17) is 0 Å². The Kier molecular flexibility index (Phi) is 3.57. The molecule has 1 aliphatic rings. The Bertz CT molecular complexity index is 685. The zero-order valence-corrected chi connectivity index (χ0v) is 13.1. The smallest absolute Gasteiger partial charge is 0.329 e. The van der Waals surface area contributed by atoms with Crippen LogP contribution in [0.3, 0.4) is 0 Å². The summed E-state index contributed by atoms with van der Waals surface area (Å²) in [6, 6.07) is 2.10. The fraction of sp³-hybridized carbons (Fsp3) is 0.533. The Hall–Kier alpha value is -1.69. The number of piperidine rings is 1. The van der Waals surface area contributed by atoms with Gasteiger partial charge < -0.3 is 10.0 Å². The topological polar surface area (TPSA) is 66.3 Å². The number of thiophene rings is 1. The number of carboxylic acid groups (broad SMARTS) is 1. The third-order valence-corrected chi connectivity index (χ3v) is 5.50. The molecule has 3 heterocycles. The summed E-state index contributed by atoms with van der Waals surface area (Å²) >= 11 is 1.66. The SMILES string of the molecule is CCc1cc2c(N3CCCCC3(C)C(=O)O)ncnc2s1. The normalized spacial score (nSPS) is 22.7. The second-order valence-electron chi connectivity index (χ2n) is 5.67. The zero-order chi connectivity index (χ0) is 15.0. The average molecular weight is 305 g/mol. The highest BCUT2D eigenvalue weighted by molar-refractivity contribution is 7.18. The molecule has 6 heteroatoms. The van der Waals surface area contributed by atoms with E-state index in [2.05, 4.69) is 23.0 Å². The van der Waals surface area contributed by atoms with Crippen molar-refractivity contribution in [1.82, 2.24) is 9.97 Å². The van der Waals surface area contributed by atoms with Gasteiger partial charge >= 0.3 is 5.97 Å². The van der Waals surface area contributed by atoms with Gasteiger partial charge in [0.25, 0.3) is 0 Å². The number of aliphatic carboxylic acids is 1. The van der Waals surface area contributed by atoms with Gasteiger partial charge in [-0.2, -0.15) is 0 Å². The number of rotatable bonds is 3. The van der Waals surface area contributed by atoms with Gasteiger partial charge in [-0.15, -0.1) is 11.3 Å². The van der Waals surface area contributed by atoms with Crippen LogP contribution in [0.2, 0.25) is 0 Å². The van der Waals surface area contributed by atoms with Crippen molar-refractivity contribution in [3.63, 3.8) is 0 Å². The lowest BCUT2D eigenvalue weighted by molar-refractivity contribution is -0.143. The molecule has 0 saturated carbocycles. The summed E-state index contributed by atoms with van der Waals surface area (Å²) in [5.41, 5.74) is -0.881. The maximum Gasteiger partial charge on any atom is 0.329 e. The van der Waals surface area contributed by atoms with Gasteiger partial charge in [-0.3, -0.25) is 0 Å². The van der Waals surface area contributed by atoms with Crippen molar-refractivity contribution >= 4 is 33.3 Å². The maximum atomic E-state index is 11.8. The standard InChI is InChI=1S/C15H19N3O2S/c1-3-10-8-11-12(16-9-17-13(11)21-10)18-7-5-4-6-15(18,2)14(19)20/h8-9H,3-7H2,1-2H3,(H,19,20). The van der Waals surface area contributed by atoms with Crippen LogP contribution in [0.4, 0.5) is 5.82 Å². The second kappa shape index (κ2) is 5.26. The molecule has 1 atom stereocenters. The van der Waals surface area contributed by atoms with Gasteiger partial charge in [0.15, 0.2) is 0 Å². The van der Waals surface area contributed by atoms with Crippen LogP contribution in [-0.2, 0) is 11.2 Å². The molecule has 112 valence electrons. The van der Waals surface area contributed by atoms with Crippen LogP contribution in [0.1, 0.15) is 38.0 Å². The van der Waals surface area contributed by atoms with Crippen LogP contribution in [-0.4, -0.2) is 33.1 Å². The molecule has 0 aromatic carbocycles. The Morgan fingerprint density at radius 2 is 2.29 bits per heavy atom. The minimum Gasteiger partial charge on any atom is -0.480 e. The molecule has 5 nitrogen and oxygen atoms in total. The van der Waals surface area contributed by atoms with Crippen LogP contribution in [0, 0.1) is 0 Å². The van der Waals surface area contributed by atoms with Crippen molar-refractivity contribution in [3.05, 3.63) is 17.3 Å². The Morgan fingerprint density at radius 1 is 1.48 bits per heavy atom. The molecule has 0 amide bonds. The lowest BCUT2D eigenvalue weighted by Gasteiger charge is -2.42. The van der Waals surface area contributed by atoms with Gasteiger partial charge in [0, 0.05) is 11.4 Å². The summed E-state index contributed by atoms with van der Waals surface area (Å²) in [6.45, 7) is 4.64. The number of carbonyl (C=O) groups is 1. The first-order valence-electron chi connectivity index (χ1n) is 7.30. The molecular formula is C15H19N3O2S. The molecule has 1 fully saturated rings. The van der Waals surface area contributed by atoms with Crippen molar-refractivity contribution in [2.75, 3.05) is 11.4 Å². The van der Waals surface area contributed by atoms with E-state index in [9.17, 15) is 9.90 Å². The molecule has 1 saturated heterocycles. The van der Waals surface area contributed by atoms with Crippen LogP contribution >= 0.6 is 11.3 Å². The Balaban J connectivity index is 2.13. The van der Waals surface area contributed by atoms with E-state index in [0.29, 0.717) is 6.42 Å². The number of hydrogen-bond acceptors (Lipinski definition) is 5. The van der Waals surface area contributed by atoms with Crippen molar-refractivity contribution in [3.8, 4) is 0 Å². The van der Waals surface area contributed by atoms with Crippen molar-refractivity contribution in [2.24, 2.45) is 0 Å². The first-order valence-corrected chi connectivity index (χ1v) is 8.12. The zero-order valence-electron chi connectivity index (χ0n) is 12.3. The fourth-order valence-electron chi connectivity index (χ4n) is 2.97. The molecule has 1 aliphatic heterocycles. The van der Waals surface area contributed by atoms with Crippen LogP contribution < -0.4 is 4.90 Å². The van der Waals surface area contributed by atoms with Gasteiger partial charge in [0.2, 0.25) is 0 Å². The number of nitrogens with zero attached hydrogens (tertiary/aromatic N) is 3. The molecule has 3 rings (SSSR count). The molecule has 1 N–H and O–H groups in total. The van der Waals surface area contributed by atoms with E-state index >= 15 is 0 Å². The molecule has 0 bridgehead atoms. The highest BCUT2D eigenvalue weighted by atomic mass is 32.1. The van der Waals surface area contributed by atoms with E-state index in [-0.39, 0.29) is 0 Å². The highest BCUT2D eigenvalue weighted by Gasteiger charge is 2.42. The van der Waals surface area contributed by atoms with Crippen molar-refractivity contribution < 1.29 is 9.90 Å². The summed E-state index contributed by atoms with van der Waals surface area (Å²) in [7, 11) is 0. The van der Waals surface area contributed by atoms with E-state index in [1.807, 2.05) is 4.90 Å². The highest BCUT2D eigenvalue weighted by Crippen LogP contribution is 2.37. The predicted molar refractivity (Wildman–Crippen MR) is 84.0 cm³/mol. The third kappa shape index (κ3) is 2.27. The molecule has 0 radical (unpaired) electrons. The molecule has 0 aliphatic carbocycles. The molecule has 2 aromatic rings. The largest absolute Gasteiger partial charge is 0.480 e. The van der Waals surface area contributed by atoms with E-state index in [1.54, 1.807) is 24.6 Å². The Labute approximate surface area is 127 Å². The van der Waals surface area contributed by atoms with Gasteiger partial charge in [-0.05, 0) is 38.7 Å². The fourth-order valence-corrected chi connectivity index (χ4v) is 3.89. The van der Waals surface area contributed by atoms with Crippen molar-refractivity contribution in [2.45, 2.75) is 45.1 Å². The first-order chi connectivity index (χ1) is 10.1. The molecule has 1 unspecified atom stereocenters. The summed E-state index contributed by atoms with van der Waals surface area (Å²) in [4.78, 5) is 24.7. The second-order valence-corrected chi connectivity index (χ2v) is 6.79. The van der Waals surface area contributed by atoms with E-state index < -0.39 is 11.5 Å². The molecular weight excluding hydrogens is 286 g/mol. The molecule has 2 aromatic heterocycles. The number of aromatic nitrogens is 2. The summed E-state index contributed by atoms with van der Waals surface area (Å²) in [6.07, 6.45) is 5.09. The number of aryl methyl sites for hydroxylation is 1. The lowest BCUT2D eigenvalue weighted by Crippen LogP contribution is -2.55. The summed E-state index contributed by atoms with van der Waals surface area (Å²) < 4.78 is 0. The van der Waals surface area contributed by atoms with Gasteiger partial charge in [-0.1, -0.05) is 6.92 Å². The lowest BCUT2D eigenvalue weighted by atomic mass is 9.88. The minimum atomic E-state index is -0.881. The summed E-state index contributed by atoms with van der Waals surface area (Å²) in [5, 5.41) is 10.7. The number of anilines is 1. The number of carboxylic acids is 1. The average Bonchev–Trinajstić information content (AvgIpc) is 2.91. The number of hydrogen-bond donors (Lipinski definition) is 1. The summed E-state index contributed by atoms with van der Waals surface area (Å²) in [5.74, 6) is -0.0135. The van der Waals surface area contributed by atoms with Crippen molar-refractivity contribution in [1.29, 1.82) is 0 Å².